The molecule has 0 aromatic heterocycles. The lowest BCUT2D eigenvalue weighted by molar-refractivity contribution is -0.147. The minimum absolute atomic E-state index is 0.0243. The van der Waals surface area contributed by atoms with Crippen molar-refractivity contribution in [3.8, 4) is 5.75 Å². The first kappa shape index (κ1) is 34.8. The maximum atomic E-state index is 12.7. The molecule has 0 bridgehead atoms. The summed E-state index contributed by atoms with van der Waals surface area (Å²) in [7, 11) is 0. The fraction of sp³-hybridized carbons (Fsp3) is 0.190. The molecule has 0 spiro atoms. The second-order valence-corrected chi connectivity index (χ2v) is 13.3. The van der Waals surface area contributed by atoms with Gasteiger partial charge in [0.1, 0.15) is 18.0 Å². The van der Waals surface area contributed by atoms with Crippen LogP contribution in [-0.4, -0.2) is 30.3 Å². The van der Waals surface area contributed by atoms with E-state index in [0.29, 0.717) is 17.1 Å². The number of carbonyl (C=O) groups excluding carboxylic acids is 2. The predicted molar refractivity (Wildman–Crippen MR) is 209 cm³/mol. The van der Waals surface area contributed by atoms with E-state index in [1.54, 1.807) is 12.1 Å². The number of rotatable bonds is 12. The Hall–Kier alpha value is -6.62. The molecule has 3 N–H and O–H groups in total. The monoisotopic (exact) mass is 705 g/mol. The van der Waals surface area contributed by atoms with E-state index >= 15 is 0 Å². The Morgan fingerprint density at radius 1 is 0.642 bits per heavy atom. The zero-order valence-corrected chi connectivity index (χ0v) is 29.7. The lowest BCUT2D eigenvalue weighted by atomic mass is 9.99. The van der Waals surface area contributed by atoms with Gasteiger partial charge in [-0.15, -0.1) is 15.3 Å². The largest absolute Gasteiger partial charge is 0.461 e. The molecule has 53 heavy (non-hydrogen) atoms. The molecular formula is C42H39N7O4. The zero-order chi connectivity index (χ0) is 36.8. The highest BCUT2D eigenvalue weighted by Gasteiger charge is 2.32. The molecule has 0 saturated heterocycles. The Labute approximate surface area is 307 Å². The quantitative estimate of drug-likeness (QED) is 0.0654. The van der Waals surface area contributed by atoms with E-state index in [1.807, 2.05) is 130 Å². The van der Waals surface area contributed by atoms with Crippen LogP contribution in [0.15, 0.2) is 142 Å². The molecule has 6 aromatic carbocycles. The summed E-state index contributed by atoms with van der Waals surface area (Å²) in [5.41, 5.74) is 4.80. The molecule has 0 saturated carbocycles. The SMILES string of the molecule is CC(C)Nc1ccc(OC(=O)CCC(=O)OCC2(C)Nc3cccc4c(N=Nc5ccc(N=Nc6ccccc6)c6ccccc56)ccc(c34)N2)cc1. The van der Waals surface area contributed by atoms with Gasteiger partial charge >= 0.3 is 11.9 Å². The molecule has 7 rings (SSSR count). The van der Waals surface area contributed by atoms with Crippen LogP contribution >= 0.6 is 0 Å². The van der Waals surface area contributed by atoms with Gasteiger partial charge in [-0.2, -0.15) is 5.11 Å². The summed E-state index contributed by atoms with van der Waals surface area (Å²) in [6.07, 6.45) is -0.195. The Morgan fingerprint density at radius 3 is 1.89 bits per heavy atom. The van der Waals surface area contributed by atoms with Gasteiger partial charge in [-0.3, -0.25) is 9.59 Å². The summed E-state index contributed by atoms with van der Waals surface area (Å²) in [6, 6.07) is 38.6. The average Bonchev–Trinajstić information content (AvgIpc) is 3.16. The lowest BCUT2D eigenvalue weighted by Gasteiger charge is -2.38. The second kappa shape index (κ2) is 15.3. The molecule has 1 aliphatic heterocycles. The third-order valence-corrected chi connectivity index (χ3v) is 8.61. The van der Waals surface area contributed by atoms with E-state index in [-0.39, 0.29) is 25.5 Å². The van der Waals surface area contributed by atoms with E-state index in [4.69, 9.17) is 14.6 Å². The number of carbonyl (C=O) groups is 2. The summed E-state index contributed by atoms with van der Waals surface area (Å²) >= 11 is 0. The molecule has 1 aliphatic rings. The minimum Gasteiger partial charge on any atom is -0.461 e. The molecule has 6 aromatic rings. The Bertz CT molecular complexity index is 2330. The molecule has 11 nitrogen and oxygen atoms in total. The van der Waals surface area contributed by atoms with Gasteiger partial charge in [-0.05, 0) is 87.5 Å². The number of nitrogens with one attached hydrogen (secondary N) is 3. The van der Waals surface area contributed by atoms with Crippen molar-refractivity contribution < 1.29 is 19.1 Å². The highest BCUT2D eigenvalue weighted by Crippen LogP contribution is 2.43. The van der Waals surface area contributed by atoms with E-state index in [2.05, 4.69) is 31.3 Å². The number of benzene rings is 6. The van der Waals surface area contributed by atoms with E-state index in [9.17, 15) is 9.59 Å². The van der Waals surface area contributed by atoms with Crippen molar-refractivity contribution in [2.75, 3.05) is 22.6 Å². The highest BCUT2D eigenvalue weighted by molar-refractivity contribution is 6.10. The number of anilines is 3. The summed E-state index contributed by atoms with van der Waals surface area (Å²) in [5, 5.41) is 32.2. The molecule has 0 fully saturated rings. The molecular weight excluding hydrogens is 667 g/mol. The molecule has 11 heteroatoms. The smallest absolute Gasteiger partial charge is 0.311 e. The van der Waals surface area contributed by atoms with Crippen LogP contribution in [0, 0.1) is 0 Å². The van der Waals surface area contributed by atoms with Crippen LogP contribution in [0.1, 0.15) is 33.6 Å². The van der Waals surface area contributed by atoms with Gasteiger partial charge in [0.15, 0.2) is 0 Å². The molecule has 1 unspecified atom stereocenters. The third kappa shape index (κ3) is 8.31. The van der Waals surface area contributed by atoms with Gasteiger partial charge in [0, 0.05) is 44.6 Å². The maximum absolute atomic E-state index is 12.7. The lowest BCUT2D eigenvalue weighted by Crippen LogP contribution is -2.49. The number of hydrogen-bond acceptors (Lipinski definition) is 11. The van der Waals surface area contributed by atoms with Crippen molar-refractivity contribution in [1.29, 1.82) is 0 Å². The maximum Gasteiger partial charge on any atom is 0.311 e. The fourth-order valence-corrected chi connectivity index (χ4v) is 6.18. The number of ether oxygens (including phenoxy) is 2. The molecule has 1 heterocycles. The van der Waals surface area contributed by atoms with Gasteiger partial charge in [0.2, 0.25) is 0 Å². The number of nitrogens with zero attached hydrogens (tertiary/aromatic N) is 4. The molecule has 0 radical (unpaired) electrons. The van der Waals surface area contributed by atoms with Crippen LogP contribution in [0.25, 0.3) is 21.5 Å². The van der Waals surface area contributed by atoms with Gasteiger partial charge in [-0.25, -0.2) is 0 Å². The standard InChI is InChI=1S/C42H39N7O4/c1-27(2)43-28-16-18-30(19-17-28)53-40(51)25-24-39(50)52-26-42(3)44-37-15-9-14-33-36(22-23-38(45-42)41(33)37)49-48-35-21-20-34(31-12-7-8-13-32(31)35)47-46-29-10-5-4-6-11-29/h4-23,27,43-45H,24-26H2,1-3H3. The van der Waals surface area contributed by atoms with Crippen LogP contribution in [0.2, 0.25) is 0 Å². The Morgan fingerprint density at radius 2 is 1.21 bits per heavy atom. The second-order valence-electron chi connectivity index (χ2n) is 13.3. The fourth-order valence-electron chi connectivity index (χ4n) is 6.18. The highest BCUT2D eigenvalue weighted by atomic mass is 16.5. The van der Waals surface area contributed by atoms with Crippen LogP contribution in [0.3, 0.4) is 0 Å². The van der Waals surface area contributed by atoms with Gasteiger partial charge in [0.25, 0.3) is 0 Å². The minimum atomic E-state index is -0.801. The van der Waals surface area contributed by atoms with E-state index < -0.39 is 17.6 Å². The van der Waals surface area contributed by atoms with Gasteiger partial charge in [0.05, 0.1) is 35.6 Å². The first-order chi connectivity index (χ1) is 25.7. The first-order valence-corrected chi connectivity index (χ1v) is 17.5. The van der Waals surface area contributed by atoms with Crippen molar-refractivity contribution in [1.82, 2.24) is 0 Å². The average molecular weight is 706 g/mol. The molecule has 0 aliphatic carbocycles. The van der Waals surface area contributed by atoms with Crippen LogP contribution in [0.4, 0.5) is 39.8 Å². The zero-order valence-electron chi connectivity index (χ0n) is 29.7. The first-order valence-electron chi connectivity index (χ1n) is 17.5. The Kier molecular flexibility index (Phi) is 10.1. The van der Waals surface area contributed by atoms with Crippen LogP contribution < -0.4 is 20.7 Å². The number of azo groups is 2. The van der Waals surface area contributed by atoms with Crippen LogP contribution in [-0.2, 0) is 14.3 Å². The summed E-state index contributed by atoms with van der Waals surface area (Å²) in [4.78, 5) is 25.1. The molecule has 0 amide bonds. The van der Waals surface area contributed by atoms with Crippen LogP contribution in [0.5, 0.6) is 5.75 Å². The summed E-state index contributed by atoms with van der Waals surface area (Å²) in [5.74, 6) is -0.581. The molecule has 1 atom stereocenters. The number of fused-ring (bicyclic) bond motifs is 1. The van der Waals surface area contributed by atoms with Crippen molar-refractivity contribution in [2.45, 2.75) is 45.3 Å². The topological polar surface area (TPSA) is 138 Å². The van der Waals surface area contributed by atoms with E-state index in [0.717, 1.165) is 50.0 Å². The van der Waals surface area contributed by atoms with Crippen molar-refractivity contribution in [3.63, 3.8) is 0 Å². The van der Waals surface area contributed by atoms with Crippen molar-refractivity contribution >= 4 is 73.3 Å². The van der Waals surface area contributed by atoms with Crippen molar-refractivity contribution in [2.24, 2.45) is 20.5 Å². The van der Waals surface area contributed by atoms with Gasteiger partial charge in [-0.1, -0.05) is 54.6 Å². The number of esters is 2. The third-order valence-electron chi connectivity index (χ3n) is 8.61. The Balaban J connectivity index is 0.995. The van der Waals surface area contributed by atoms with E-state index in [1.165, 1.54) is 0 Å². The summed E-state index contributed by atoms with van der Waals surface area (Å²) < 4.78 is 11.0. The van der Waals surface area contributed by atoms with Gasteiger partial charge < -0.3 is 25.4 Å². The number of hydrogen-bond donors (Lipinski definition) is 3. The normalized spacial score (nSPS) is 15.1. The summed E-state index contributed by atoms with van der Waals surface area (Å²) in [6.45, 7) is 6.03. The van der Waals surface area contributed by atoms with Crippen molar-refractivity contribution in [3.05, 3.63) is 121 Å². The molecule has 266 valence electrons. The predicted octanol–water partition coefficient (Wildman–Crippen LogP) is 11.1.